The van der Waals surface area contributed by atoms with Crippen LogP contribution in [-0.2, 0) is 4.79 Å². The van der Waals surface area contributed by atoms with Crippen molar-refractivity contribution in [3.63, 3.8) is 0 Å². The van der Waals surface area contributed by atoms with E-state index in [2.05, 4.69) is 5.32 Å². The second kappa shape index (κ2) is 6.41. The molecule has 1 aliphatic carbocycles. The Morgan fingerprint density at radius 2 is 1.80 bits per heavy atom. The number of nitrogens with zero attached hydrogens (tertiary/aromatic N) is 1. The van der Waals surface area contributed by atoms with Gasteiger partial charge in [-0.15, -0.1) is 0 Å². The number of aliphatic hydroxyl groups is 2. The molecule has 1 heterocycles. The first-order chi connectivity index (χ1) is 9.49. The first-order valence-electron chi connectivity index (χ1n) is 7.15. The van der Waals surface area contributed by atoms with Gasteiger partial charge in [-0.2, -0.15) is 0 Å². The highest BCUT2D eigenvalue weighted by atomic mass is 16.4. The summed E-state index contributed by atoms with van der Waals surface area (Å²) in [7, 11) is 0. The molecule has 0 aromatic rings. The molecule has 2 rings (SSSR count). The lowest BCUT2D eigenvalue weighted by atomic mass is 10.1. The highest BCUT2D eigenvalue weighted by Gasteiger charge is 2.39. The zero-order valence-corrected chi connectivity index (χ0v) is 11.4. The number of carboxylic acid groups (broad SMARTS) is 1. The van der Waals surface area contributed by atoms with Gasteiger partial charge in [-0.05, 0) is 12.8 Å². The Morgan fingerprint density at radius 3 is 2.50 bits per heavy atom. The van der Waals surface area contributed by atoms with Crippen molar-refractivity contribution in [3.8, 4) is 0 Å². The van der Waals surface area contributed by atoms with Gasteiger partial charge < -0.3 is 25.5 Å². The van der Waals surface area contributed by atoms with Crippen molar-refractivity contribution in [2.45, 2.75) is 62.8 Å². The molecule has 2 fully saturated rings. The first-order valence-corrected chi connectivity index (χ1v) is 7.15. The molecule has 0 radical (unpaired) electrons. The smallest absolute Gasteiger partial charge is 0.326 e. The number of likely N-dealkylation sites (tertiary alicyclic amines) is 1. The normalized spacial score (nSPS) is 34.6. The van der Waals surface area contributed by atoms with E-state index in [0.717, 1.165) is 24.2 Å². The first kappa shape index (κ1) is 15.1. The molecule has 0 spiro atoms. The summed E-state index contributed by atoms with van der Waals surface area (Å²) in [6.45, 7) is 0.0195. The lowest BCUT2D eigenvalue weighted by molar-refractivity contribution is -0.141. The SMILES string of the molecule is O=C(O)[C@H]1C[C@@H](O)CN1C(=O)NC1CCCCCC1O. The minimum Gasteiger partial charge on any atom is -0.480 e. The fraction of sp³-hybridized carbons (Fsp3) is 0.846. The molecule has 2 unspecified atom stereocenters. The van der Waals surface area contributed by atoms with Crippen LogP contribution in [0.15, 0.2) is 0 Å². The van der Waals surface area contributed by atoms with Crippen LogP contribution in [0.5, 0.6) is 0 Å². The van der Waals surface area contributed by atoms with E-state index in [-0.39, 0.29) is 19.0 Å². The van der Waals surface area contributed by atoms with Gasteiger partial charge in [0.2, 0.25) is 0 Å². The van der Waals surface area contributed by atoms with Gasteiger partial charge in [0.15, 0.2) is 0 Å². The molecular formula is C13H22N2O5. The monoisotopic (exact) mass is 286 g/mol. The number of urea groups is 1. The van der Waals surface area contributed by atoms with Gasteiger partial charge in [0.25, 0.3) is 0 Å². The van der Waals surface area contributed by atoms with Crippen molar-refractivity contribution in [1.82, 2.24) is 10.2 Å². The maximum absolute atomic E-state index is 12.2. The number of β-amino-alcohol motifs (C(OH)–C–C–N with tert-alkyl or cyclic N) is 1. The molecule has 20 heavy (non-hydrogen) atoms. The van der Waals surface area contributed by atoms with Crippen LogP contribution in [-0.4, -0.2) is 63.1 Å². The van der Waals surface area contributed by atoms with Crippen LogP contribution < -0.4 is 5.32 Å². The largest absolute Gasteiger partial charge is 0.480 e. The molecular weight excluding hydrogens is 264 g/mol. The standard InChI is InChI=1S/C13H22N2O5/c16-8-6-10(12(18)19)15(7-8)13(20)14-9-4-2-1-3-5-11(9)17/h8-11,16-17H,1-7H2,(H,14,20)(H,18,19)/t8-,9?,10-,11?/m1/s1. The van der Waals surface area contributed by atoms with E-state index >= 15 is 0 Å². The fourth-order valence-corrected chi connectivity index (χ4v) is 2.97. The minimum atomic E-state index is -1.11. The van der Waals surface area contributed by atoms with Crippen LogP contribution in [0, 0.1) is 0 Å². The van der Waals surface area contributed by atoms with Crippen LogP contribution >= 0.6 is 0 Å². The predicted molar refractivity (Wildman–Crippen MR) is 70.2 cm³/mol. The molecule has 0 bridgehead atoms. The average molecular weight is 286 g/mol. The van der Waals surface area contributed by atoms with Gasteiger partial charge in [-0.25, -0.2) is 9.59 Å². The van der Waals surface area contributed by atoms with E-state index < -0.39 is 30.3 Å². The molecule has 114 valence electrons. The molecule has 0 aromatic heterocycles. The summed E-state index contributed by atoms with van der Waals surface area (Å²) in [6.07, 6.45) is 2.91. The molecule has 2 aliphatic rings. The van der Waals surface area contributed by atoms with Gasteiger partial charge in [-0.1, -0.05) is 19.3 Å². The molecule has 4 atom stereocenters. The van der Waals surface area contributed by atoms with Crippen molar-refractivity contribution in [2.24, 2.45) is 0 Å². The number of hydrogen-bond acceptors (Lipinski definition) is 4. The Kier molecular flexibility index (Phi) is 4.82. The Balaban J connectivity index is 1.97. The number of amides is 2. The highest BCUT2D eigenvalue weighted by Crippen LogP contribution is 2.21. The number of carbonyl (C=O) groups is 2. The van der Waals surface area contributed by atoms with E-state index in [1.54, 1.807) is 0 Å². The molecule has 2 amide bonds. The zero-order chi connectivity index (χ0) is 14.7. The number of rotatable bonds is 2. The van der Waals surface area contributed by atoms with E-state index in [1.807, 2.05) is 0 Å². The van der Waals surface area contributed by atoms with Crippen LogP contribution in [0.25, 0.3) is 0 Å². The Bertz CT molecular complexity index is 376. The summed E-state index contributed by atoms with van der Waals surface area (Å²) in [4.78, 5) is 24.4. The molecule has 1 saturated heterocycles. The summed E-state index contributed by atoms with van der Waals surface area (Å²) >= 11 is 0. The number of carboxylic acids is 1. The van der Waals surface area contributed by atoms with Crippen molar-refractivity contribution < 1.29 is 24.9 Å². The second-order valence-corrected chi connectivity index (χ2v) is 5.66. The number of carbonyl (C=O) groups excluding carboxylic acids is 1. The maximum Gasteiger partial charge on any atom is 0.326 e. The average Bonchev–Trinajstić information content (AvgIpc) is 2.68. The molecule has 4 N–H and O–H groups in total. The number of aliphatic hydroxyl groups excluding tert-OH is 2. The van der Waals surface area contributed by atoms with Gasteiger partial charge in [0.1, 0.15) is 6.04 Å². The van der Waals surface area contributed by atoms with E-state index in [1.165, 1.54) is 0 Å². The number of nitrogens with one attached hydrogen (secondary N) is 1. The fourth-order valence-electron chi connectivity index (χ4n) is 2.97. The molecule has 1 saturated carbocycles. The van der Waals surface area contributed by atoms with Crippen molar-refractivity contribution in [1.29, 1.82) is 0 Å². The summed E-state index contributed by atoms with van der Waals surface area (Å²) < 4.78 is 0. The van der Waals surface area contributed by atoms with Gasteiger partial charge in [0, 0.05) is 13.0 Å². The predicted octanol–water partition coefficient (Wildman–Crippen LogP) is -0.0906. The quantitative estimate of drug-likeness (QED) is 0.530. The highest BCUT2D eigenvalue weighted by molar-refractivity contribution is 5.83. The van der Waals surface area contributed by atoms with Crippen LogP contribution in [0.2, 0.25) is 0 Å². The lowest BCUT2D eigenvalue weighted by Gasteiger charge is -2.27. The summed E-state index contributed by atoms with van der Waals surface area (Å²) in [5, 5.41) is 31.3. The minimum absolute atomic E-state index is 0.0195. The van der Waals surface area contributed by atoms with Crippen molar-refractivity contribution in [3.05, 3.63) is 0 Å². The third kappa shape index (κ3) is 3.40. The van der Waals surface area contributed by atoms with E-state index in [0.29, 0.717) is 12.8 Å². The summed E-state index contributed by atoms with van der Waals surface area (Å²) in [5.41, 5.74) is 0. The van der Waals surface area contributed by atoms with Crippen LogP contribution in [0.1, 0.15) is 38.5 Å². The molecule has 0 aromatic carbocycles. The zero-order valence-electron chi connectivity index (χ0n) is 11.4. The Morgan fingerprint density at radius 1 is 1.10 bits per heavy atom. The summed E-state index contributed by atoms with van der Waals surface area (Å²) in [5.74, 6) is -1.11. The molecule has 7 heteroatoms. The molecule has 7 nitrogen and oxygen atoms in total. The Hall–Kier alpha value is -1.34. The van der Waals surface area contributed by atoms with Crippen molar-refractivity contribution in [2.75, 3.05) is 6.54 Å². The van der Waals surface area contributed by atoms with Gasteiger partial charge >= 0.3 is 12.0 Å². The third-order valence-corrected chi connectivity index (χ3v) is 4.11. The van der Waals surface area contributed by atoms with E-state index in [4.69, 9.17) is 5.11 Å². The second-order valence-electron chi connectivity index (χ2n) is 5.66. The third-order valence-electron chi connectivity index (χ3n) is 4.11. The van der Waals surface area contributed by atoms with Crippen molar-refractivity contribution >= 4 is 12.0 Å². The van der Waals surface area contributed by atoms with E-state index in [9.17, 15) is 19.8 Å². The summed E-state index contributed by atoms with van der Waals surface area (Å²) in [6, 6.07) is -1.84. The topological polar surface area (TPSA) is 110 Å². The Labute approximate surface area is 117 Å². The number of aliphatic carboxylic acids is 1. The lowest BCUT2D eigenvalue weighted by Crippen LogP contribution is -2.52. The number of hydrogen-bond donors (Lipinski definition) is 4. The van der Waals surface area contributed by atoms with Crippen LogP contribution in [0.3, 0.4) is 0 Å². The van der Waals surface area contributed by atoms with Crippen LogP contribution in [0.4, 0.5) is 4.79 Å². The van der Waals surface area contributed by atoms with Gasteiger partial charge in [-0.3, -0.25) is 0 Å². The maximum atomic E-state index is 12.2. The van der Waals surface area contributed by atoms with Gasteiger partial charge in [0.05, 0.1) is 18.2 Å². The molecule has 1 aliphatic heterocycles.